The Bertz CT molecular complexity index is 376. The van der Waals surface area contributed by atoms with Crippen molar-refractivity contribution in [1.29, 1.82) is 0 Å². The van der Waals surface area contributed by atoms with Gasteiger partial charge in [0.2, 0.25) is 0 Å². The van der Waals surface area contributed by atoms with E-state index in [1.807, 2.05) is 13.0 Å². The minimum absolute atomic E-state index is 0.0750. The Morgan fingerprint density at radius 3 is 3.05 bits per heavy atom. The number of ether oxygens (including phenoxy) is 2. The van der Waals surface area contributed by atoms with E-state index >= 15 is 0 Å². The summed E-state index contributed by atoms with van der Waals surface area (Å²) in [5, 5.41) is 3.42. The van der Waals surface area contributed by atoms with E-state index in [2.05, 4.69) is 28.4 Å². The molecule has 0 aliphatic carbocycles. The normalized spacial score (nSPS) is 17.9. The van der Waals surface area contributed by atoms with E-state index in [-0.39, 0.29) is 6.10 Å². The Balaban J connectivity index is 2.01. The number of anilines is 1. The lowest BCUT2D eigenvalue weighted by Crippen LogP contribution is -2.27. The molecule has 19 heavy (non-hydrogen) atoms. The maximum Gasteiger partial charge on any atom is 0.121 e. The molecule has 1 atom stereocenters. The van der Waals surface area contributed by atoms with Gasteiger partial charge in [0.15, 0.2) is 0 Å². The summed E-state index contributed by atoms with van der Waals surface area (Å²) >= 11 is 0. The number of nitrogens with zero attached hydrogens (tertiary/aromatic N) is 1. The van der Waals surface area contributed by atoms with Crippen molar-refractivity contribution >= 4 is 5.69 Å². The SMILES string of the molecule is COCC(C)Oc1cccc(N2CCCNCC2)c1. The average Bonchev–Trinajstić information content (AvgIpc) is 2.68. The molecule has 1 aliphatic heterocycles. The maximum absolute atomic E-state index is 5.85. The molecular weight excluding hydrogens is 240 g/mol. The number of hydrogen-bond acceptors (Lipinski definition) is 4. The smallest absolute Gasteiger partial charge is 0.121 e. The molecule has 1 heterocycles. The molecule has 0 spiro atoms. The summed E-state index contributed by atoms with van der Waals surface area (Å²) in [6, 6.07) is 8.34. The molecule has 1 aromatic rings. The first-order valence-corrected chi connectivity index (χ1v) is 7.01. The van der Waals surface area contributed by atoms with Crippen LogP contribution in [0.3, 0.4) is 0 Å². The zero-order valence-electron chi connectivity index (χ0n) is 11.9. The molecule has 1 unspecified atom stereocenters. The van der Waals surface area contributed by atoms with Gasteiger partial charge < -0.3 is 19.7 Å². The largest absolute Gasteiger partial charge is 0.488 e. The summed E-state index contributed by atoms with van der Waals surface area (Å²) in [6.07, 6.45) is 1.26. The minimum Gasteiger partial charge on any atom is -0.488 e. The van der Waals surface area contributed by atoms with Crippen molar-refractivity contribution in [2.24, 2.45) is 0 Å². The molecule has 1 N–H and O–H groups in total. The monoisotopic (exact) mass is 264 g/mol. The van der Waals surface area contributed by atoms with Gasteiger partial charge in [-0.15, -0.1) is 0 Å². The number of benzene rings is 1. The van der Waals surface area contributed by atoms with Gasteiger partial charge in [-0.05, 0) is 32.0 Å². The van der Waals surface area contributed by atoms with Crippen LogP contribution >= 0.6 is 0 Å². The molecule has 0 aromatic heterocycles. The number of methoxy groups -OCH3 is 1. The van der Waals surface area contributed by atoms with Crippen LogP contribution in [0.1, 0.15) is 13.3 Å². The summed E-state index contributed by atoms with van der Waals surface area (Å²) in [5.74, 6) is 0.916. The molecule has 1 saturated heterocycles. The first-order chi connectivity index (χ1) is 9.29. The Hall–Kier alpha value is -1.26. The first-order valence-electron chi connectivity index (χ1n) is 7.01. The second-order valence-electron chi connectivity index (χ2n) is 4.97. The van der Waals surface area contributed by atoms with E-state index in [0.717, 1.165) is 31.9 Å². The molecule has 1 fully saturated rings. The molecule has 0 saturated carbocycles. The fraction of sp³-hybridized carbons (Fsp3) is 0.600. The van der Waals surface area contributed by atoms with Crippen molar-refractivity contribution in [2.45, 2.75) is 19.4 Å². The van der Waals surface area contributed by atoms with E-state index in [1.165, 1.54) is 12.1 Å². The molecule has 1 aliphatic rings. The summed E-state index contributed by atoms with van der Waals surface area (Å²) < 4.78 is 10.9. The van der Waals surface area contributed by atoms with Gasteiger partial charge in [-0.1, -0.05) is 6.07 Å². The third-order valence-corrected chi connectivity index (χ3v) is 3.26. The highest BCUT2D eigenvalue weighted by Gasteiger charge is 2.11. The van der Waals surface area contributed by atoms with Crippen LogP contribution in [0.4, 0.5) is 5.69 Å². The number of rotatable bonds is 5. The van der Waals surface area contributed by atoms with Gasteiger partial charge in [0, 0.05) is 38.5 Å². The average molecular weight is 264 g/mol. The highest BCUT2D eigenvalue weighted by molar-refractivity contribution is 5.50. The topological polar surface area (TPSA) is 33.7 Å². The van der Waals surface area contributed by atoms with E-state index in [4.69, 9.17) is 9.47 Å². The van der Waals surface area contributed by atoms with Crippen molar-refractivity contribution in [3.8, 4) is 5.75 Å². The van der Waals surface area contributed by atoms with Gasteiger partial charge in [0.25, 0.3) is 0 Å². The molecule has 0 radical (unpaired) electrons. The second-order valence-corrected chi connectivity index (χ2v) is 4.97. The molecule has 1 aromatic carbocycles. The van der Waals surface area contributed by atoms with Crippen molar-refractivity contribution in [3.05, 3.63) is 24.3 Å². The van der Waals surface area contributed by atoms with Crippen molar-refractivity contribution < 1.29 is 9.47 Å². The lowest BCUT2D eigenvalue weighted by atomic mass is 10.2. The molecule has 2 rings (SSSR count). The van der Waals surface area contributed by atoms with E-state index < -0.39 is 0 Å². The molecule has 106 valence electrons. The molecule has 4 nitrogen and oxygen atoms in total. The van der Waals surface area contributed by atoms with Crippen LogP contribution in [0.5, 0.6) is 5.75 Å². The maximum atomic E-state index is 5.85. The fourth-order valence-electron chi connectivity index (χ4n) is 2.36. The van der Waals surface area contributed by atoms with Crippen molar-refractivity contribution in [2.75, 3.05) is 44.8 Å². The van der Waals surface area contributed by atoms with E-state index in [0.29, 0.717) is 6.61 Å². The Morgan fingerprint density at radius 1 is 1.32 bits per heavy atom. The molecule has 0 amide bonds. The van der Waals surface area contributed by atoms with Gasteiger partial charge in [-0.25, -0.2) is 0 Å². The van der Waals surface area contributed by atoms with Crippen LogP contribution in [0.15, 0.2) is 24.3 Å². The van der Waals surface area contributed by atoms with Crippen LogP contribution in [0, 0.1) is 0 Å². The Morgan fingerprint density at radius 2 is 2.21 bits per heavy atom. The van der Waals surface area contributed by atoms with Gasteiger partial charge >= 0.3 is 0 Å². The summed E-state index contributed by atoms with van der Waals surface area (Å²) in [6.45, 7) is 6.94. The highest BCUT2D eigenvalue weighted by atomic mass is 16.5. The predicted molar refractivity (Wildman–Crippen MR) is 78.1 cm³/mol. The highest BCUT2D eigenvalue weighted by Crippen LogP contribution is 2.22. The zero-order chi connectivity index (χ0) is 13.5. The lowest BCUT2D eigenvalue weighted by Gasteiger charge is -2.23. The summed E-state index contributed by atoms with van der Waals surface area (Å²) in [5.41, 5.74) is 1.24. The summed E-state index contributed by atoms with van der Waals surface area (Å²) in [4.78, 5) is 2.41. The van der Waals surface area contributed by atoms with Crippen LogP contribution in [0.2, 0.25) is 0 Å². The van der Waals surface area contributed by atoms with E-state index in [1.54, 1.807) is 7.11 Å². The van der Waals surface area contributed by atoms with Crippen molar-refractivity contribution in [3.63, 3.8) is 0 Å². The van der Waals surface area contributed by atoms with Gasteiger partial charge in [0.05, 0.1) is 6.61 Å². The zero-order valence-corrected chi connectivity index (χ0v) is 11.9. The minimum atomic E-state index is 0.0750. The van der Waals surface area contributed by atoms with Gasteiger partial charge in [0.1, 0.15) is 11.9 Å². The Kier molecular flexibility index (Phi) is 5.48. The third kappa shape index (κ3) is 4.40. The fourth-order valence-corrected chi connectivity index (χ4v) is 2.36. The van der Waals surface area contributed by atoms with Gasteiger partial charge in [-0.3, -0.25) is 0 Å². The van der Waals surface area contributed by atoms with Crippen molar-refractivity contribution in [1.82, 2.24) is 5.32 Å². The molecule has 0 bridgehead atoms. The second kappa shape index (κ2) is 7.36. The van der Waals surface area contributed by atoms with Crippen LogP contribution in [-0.4, -0.2) is 46.0 Å². The van der Waals surface area contributed by atoms with Crippen LogP contribution < -0.4 is 15.0 Å². The summed E-state index contributed by atoms with van der Waals surface area (Å²) in [7, 11) is 1.69. The predicted octanol–water partition coefficient (Wildman–Crippen LogP) is 1.90. The third-order valence-electron chi connectivity index (χ3n) is 3.26. The molecular formula is C15H24N2O2. The first kappa shape index (κ1) is 14.2. The number of nitrogens with one attached hydrogen (secondary N) is 1. The quantitative estimate of drug-likeness (QED) is 0.880. The van der Waals surface area contributed by atoms with Crippen LogP contribution in [-0.2, 0) is 4.74 Å². The van der Waals surface area contributed by atoms with E-state index in [9.17, 15) is 0 Å². The standard InChI is InChI=1S/C15H24N2O2/c1-13(12-18-2)19-15-6-3-5-14(11-15)17-9-4-7-16-8-10-17/h3,5-6,11,13,16H,4,7-10,12H2,1-2H3. The Labute approximate surface area is 115 Å². The van der Waals surface area contributed by atoms with Gasteiger partial charge in [-0.2, -0.15) is 0 Å². The number of hydrogen-bond donors (Lipinski definition) is 1. The lowest BCUT2D eigenvalue weighted by molar-refractivity contribution is 0.0921. The molecule has 4 heteroatoms. The van der Waals surface area contributed by atoms with Crippen LogP contribution in [0.25, 0.3) is 0 Å².